The van der Waals surface area contributed by atoms with Crippen LogP contribution >= 0.6 is 0 Å². The lowest BCUT2D eigenvalue weighted by Crippen LogP contribution is -2.00. The molecule has 2 unspecified atom stereocenters. The Morgan fingerprint density at radius 2 is 2.32 bits per heavy atom. The molecule has 0 amide bonds. The summed E-state index contributed by atoms with van der Waals surface area (Å²) >= 11 is 0. The van der Waals surface area contributed by atoms with E-state index in [1.54, 1.807) is 0 Å². The normalized spacial score (nSPS) is 20.8. The summed E-state index contributed by atoms with van der Waals surface area (Å²) in [6.07, 6.45) is 1.25. The van der Waals surface area contributed by atoms with Crippen molar-refractivity contribution in [1.29, 1.82) is 5.26 Å². The van der Waals surface area contributed by atoms with Gasteiger partial charge in [-0.1, -0.05) is 19.1 Å². The van der Waals surface area contributed by atoms with Crippen LogP contribution in [0.15, 0.2) is 24.3 Å². The van der Waals surface area contributed by atoms with Gasteiger partial charge in [-0.05, 0) is 30.4 Å². The minimum Gasteiger partial charge on any atom is -0.493 e. The van der Waals surface area contributed by atoms with Crippen LogP contribution in [0.25, 0.3) is 11.3 Å². The van der Waals surface area contributed by atoms with Gasteiger partial charge in [-0.25, -0.2) is 0 Å². The Morgan fingerprint density at radius 1 is 1.47 bits per heavy atom. The smallest absolute Gasteiger partial charge is 0.190 e. The molecule has 0 saturated heterocycles. The summed E-state index contributed by atoms with van der Waals surface area (Å²) in [6, 6.07) is 9.62. The number of aromatic amines is 1. The monoisotopic (exact) mass is 254 g/mol. The first-order valence-corrected chi connectivity index (χ1v) is 6.32. The molecule has 0 bridgehead atoms. The molecule has 0 radical (unpaired) electrons. The highest BCUT2D eigenvalue weighted by molar-refractivity contribution is 5.65. The summed E-state index contributed by atoms with van der Waals surface area (Å²) in [5.41, 5.74) is 1.70. The molecule has 1 saturated carbocycles. The van der Waals surface area contributed by atoms with E-state index in [9.17, 15) is 0 Å². The molecule has 2 atom stereocenters. The third kappa shape index (κ3) is 2.43. The minimum atomic E-state index is 0.299. The second kappa shape index (κ2) is 4.73. The molecule has 1 N–H and O–H groups in total. The maximum atomic E-state index is 8.95. The largest absolute Gasteiger partial charge is 0.493 e. The van der Waals surface area contributed by atoms with Crippen molar-refractivity contribution in [2.75, 3.05) is 6.61 Å². The number of nitrogens with one attached hydrogen (secondary N) is 1. The molecule has 5 nitrogen and oxygen atoms in total. The van der Waals surface area contributed by atoms with Crippen LogP contribution in [-0.4, -0.2) is 22.0 Å². The van der Waals surface area contributed by atoms with E-state index in [-0.39, 0.29) is 0 Å². The number of rotatable bonds is 4. The Kier molecular flexibility index (Phi) is 2.92. The molecule has 0 spiro atoms. The topological polar surface area (TPSA) is 74.6 Å². The second-order valence-corrected chi connectivity index (χ2v) is 4.94. The Balaban J connectivity index is 1.78. The first-order valence-electron chi connectivity index (χ1n) is 6.32. The van der Waals surface area contributed by atoms with Crippen LogP contribution in [0.1, 0.15) is 19.0 Å². The summed E-state index contributed by atoms with van der Waals surface area (Å²) in [6.45, 7) is 2.99. The lowest BCUT2D eigenvalue weighted by molar-refractivity contribution is 0.293. The van der Waals surface area contributed by atoms with Gasteiger partial charge in [0.2, 0.25) is 0 Å². The average Bonchev–Trinajstić information content (AvgIpc) is 2.95. The van der Waals surface area contributed by atoms with Crippen molar-refractivity contribution < 1.29 is 4.74 Å². The van der Waals surface area contributed by atoms with Crippen LogP contribution in [0.2, 0.25) is 0 Å². The lowest BCUT2D eigenvalue weighted by Gasteiger charge is -2.06. The molecular formula is C14H14N4O. The van der Waals surface area contributed by atoms with E-state index in [1.807, 2.05) is 30.3 Å². The van der Waals surface area contributed by atoms with Gasteiger partial charge in [0.15, 0.2) is 5.69 Å². The van der Waals surface area contributed by atoms with Crippen molar-refractivity contribution in [3.05, 3.63) is 30.0 Å². The van der Waals surface area contributed by atoms with Gasteiger partial charge in [-0.3, -0.25) is 0 Å². The number of nitriles is 1. The summed E-state index contributed by atoms with van der Waals surface area (Å²) in [5.74, 6) is 2.28. The fourth-order valence-corrected chi connectivity index (χ4v) is 2.08. The molecule has 1 aromatic carbocycles. The van der Waals surface area contributed by atoms with E-state index in [2.05, 4.69) is 22.3 Å². The number of H-pyrrole nitrogens is 1. The summed E-state index contributed by atoms with van der Waals surface area (Å²) in [5, 5.41) is 19.2. The molecule has 1 heterocycles. The van der Waals surface area contributed by atoms with Crippen molar-refractivity contribution in [1.82, 2.24) is 15.4 Å². The summed E-state index contributed by atoms with van der Waals surface area (Å²) in [7, 11) is 0. The van der Waals surface area contributed by atoms with Gasteiger partial charge >= 0.3 is 0 Å². The van der Waals surface area contributed by atoms with Crippen molar-refractivity contribution >= 4 is 0 Å². The van der Waals surface area contributed by atoms with Crippen LogP contribution in [0.5, 0.6) is 5.75 Å². The molecule has 3 rings (SSSR count). The molecule has 0 aliphatic heterocycles. The van der Waals surface area contributed by atoms with Crippen LogP contribution in [0.3, 0.4) is 0 Å². The Hall–Kier alpha value is -2.35. The zero-order chi connectivity index (χ0) is 13.2. The second-order valence-electron chi connectivity index (χ2n) is 4.94. The third-order valence-corrected chi connectivity index (χ3v) is 3.50. The minimum absolute atomic E-state index is 0.299. The number of benzene rings is 1. The number of aromatic nitrogens is 3. The lowest BCUT2D eigenvalue weighted by atomic mass is 10.1. The standard InChI is InChI=1S/C14H14N4O/c1-9-5-11(9)8-19-12-4-2-3-10(6-12)14-13(7-15)16-18-17-14/h2-4,6,9,11H,5,8H2,1H3,(H,16,17,18). The maximum absolute atomic E-state index is 8.95. The van der Waals surface area contributed by atoms with Crippen molar-refractivity contribution in [2.24, 2.45) is 11.8 Å². The van der Waals surface area contributed by atoms with E-state index in [1.165, 1.54) is 6.42 Å². The van der Waals surface area contributed by atoms with Gasteiger partial charge in [0.05, 0.1) is 6.61 Å². The number of hydrogen-bond donors (Lipinski definition) is 1. The highest BCUT2D eigenvalue weighted by Crippen LogP contribution is 2.38. The Bertz CT molecular complexity index is 628. The Morgan fingerprint density at radius 3 is 3.05 bits per heavy atom. The van der Waals surface area contributed by atoms with Crippen LogP contribution in [0, 0.1) is 23.2 Å². The number of nitrogens with zero attached hydrogens (tertiary/aromatic N) is 3. The number of ether oxygens (including phenoxy) is 1. The highest BCUT2D eigenvalue weighted by Gasteiger charge is 2.32. The fourth-order valence-electron chi connectivity index (χ4n) is 2.08. The van der Waals surface area contributed by atoms with Crippen molar-refractivity contribution in [3.8, 4) is 23.1 Å². The van der Waals surface area contributed by atoms with Crippen molar-refractivity contribution in [3.63, 3.8) is 0 Å². The molecule has 1 aliphatic carbocycles. The van der Waals surface area contributed by atoms with Gasteiger partial charge < -0.3 is 4.74 Å². The van der Waals surface area contributed by atoms with E-state index >= 15 is 0 Å². The first kappa shape index (κ1) is 11.7. The van der Waals surface area contributed by atoms with Gasteiger partial charge in [0, 0.05) is 5.56 Å². The SMILES string of the molecule is CC1CC1COc1cccc(-c2n[nH]nc2C#N)c1. The van der Waals surface area contributed by atoms with E-state index < -0.39 is 0 Å². The van der Waals surface area contributed by atoms with Crippen LogP contribution < -0.4 is 4.74 Å². The quantitative estimate of drug-likeness (QED) is 0.909. The van der Waals surface area contributed by atoms with Gasteiger partial charge in [0.25, 0.3) is 0 Å². The zero-order valence-corrected chi connectivity index (χ0v) is 10.6. The molecule has 2 aromatic rings. The molecule has 19 heavy (non-hydrogen) atoms. The molecule has 1 fully saturated rings. The van der Waals surface area contributed by atoms with E-state index in [0.29, 0.717) is 17.3 Å². The summed E-state index contributed by atoms with van der Waals surface area (Å²) < 4.78 is 5.77. The van der Waals surface area contributed by atoms with Crippen LogP contribution in [-0.2, 0) is 0 Å². The maximum Gasteiger partial charge on any atom is 0.190 e. The van der Waals surface area contributed by atoms with Gasteiger partial charge in [-0.15, -0.1) is 5.10 Å². The molecule has 96 valence electrons. The van der Waals surface area contributed by atoms with Crippen molar-refractivity contribution in [2.45, 2.75) is 13.3 Å². The summed E-state index contributed by atoms with van der Waals surface area (Å²) in [4.78, 5) is 0. The van der Waals surface area contributed by atoms with Gasteiger partial charge in [-0.2, -0.15) is 15.6 Å². The fraction of sp³-hybridized carbons (Fsp3) is 0.357. The predicted octanol–water partition coefficient (Wildman–Crippen LogP) is 2.38. The Labute approximate surface area is 111 Å². The predicted molar refractivity (Wildman–Crippen MR) is 69.3 cm³/mol. The third-order valence-electron chi connectivity index (χ3n) is 3.50. The molecule has 5 heteroatoms. The van der Waals surface area contributed by atoms with E-state index in [4.69, 9.17) is 10.00 Å². The van der Waals surface area contributed by atoms with Crippen LogP contribution in [0.4, 0.5) is 0 Å². The average molecular weight is 254 g/mol. The first-order chi connectivity index (χ1) is 9.28. The number of hydrogen-bond acceptors (Lipinski definition) is 4. The molecule has 1 aromatic heterocycles. The highest BCUT2D eigenvalue weighted by atomic mass is 16.5. The van der Waals surface area contributed by atoms with Gasteiger partial charge in [0.1, 0.15) is 17.5 Å². The molecule has 1 aliphatic rings. The van der Waals surface area contributed by atoms with E-state index in [0.717, 1.165) is 23.8 Å². The zero-order valence-electron chi connectivity index (χ0n) is 10.6. The molecular weight excluding hydrogens is 240 g/mol.